The summed E-state index contributed by atoms with van der Waals surface area (Å²) in [6.45, 7) is 3.98. The Morgan fingerprint density at radius 3 is 2.64 bits per heavy atom. The Labute approximate surface area is 145 Å². The summed E-state index contributed by atoms with van der Waals surface area (Å²) in [7, 11) is 0. The molecule has 6 nitrogen and oxygen atoms in total. The van der Waals surface area contributed by atoms with Gasteiger partial charge in [-0.25, -0.2) is 4.39 Å². The number of carbonyl (C=O) groups is 1. The van der Waals surface area contributed by atoms with E-state index in [0.29, 0.717) is 23.4 Å². The second-order valence-electron chi connectivity index (χ2n) is 5.53. The molecule has 0 saturated heterocycles. The van der Waals surface area contributed by atoms with Crippen LogP contribution in [0.15, 0.2) is 42.5 Å². The minimum Gasteiger partial charge on any atom is -0.484 e. The number of carbonyl (C=O) groups excluding carboxylic acids is 1. The average molecular weight is 346 g/mol. The number of hydrogen-bond acceptors (Lipinski definition) is 4. The van der Waals surface area contributed by atoms with Crippen LogP contribution in [0.4, 0.5) is 10.1 Å². The maximum absolute atomic E-state index is 13.2. The highest BCUT2D eigenvalue weighted by atomic mass is 19.1. The number of rotatable bonds is 7. The summed E-state index contributed by atoms with van der Waals surface area (Å²) >= 11 is 0. The molecule has 0 N–H and O–H groups in total. The van der Waals surface area contributed by atoms with Gasteiger partial charge in [0, 0.05) is 24.7 Å². The van der Waals surface area contributed by atoms with Gasteiger partial charge in [0.05, 0.1) is 4.92 Å². The largest absolute Gasteiger partial charge is 0.484 e. The van der Waals surface area contributed by atoms with Gasteiger partial charge in [0.2, 0.25) is 0 Å². The van der Waals surface area contributed by atoms with E-state index in [4.69, 9.17) is 4.74 Å². The summed E-state index contributed by atoms with van der Waals surface area (Å²) < 4.78 is 18.7. The predicted molar refractivity (Wildman–Crippen MR) is 90.8 cm³/mol. The highest BCUT2D eigenvalue weighted by Crippen LogP contribution is 2.23. The van der Waals surface area contributed by atoms with Crippen molar-refractivity contribution in [1.82, 2.24) is 4.90 Å². The van der Waals surface area contributed by atoms with Gasteiger partial charge >= 0.3 is 0 Å². The standard InChI is InChI=1S/C18H19FN2O4/c1-3-20(11-14-5-4-6-15(19)10-14)18(22)12-25-16-7-8-17(21(23)24)13(2)9-16/h4-10H,3,11-12H2,1-2H3. The summed E-state index contributed by atoms with van der Waals surface area (Å²) in [6, 6.07) is 10.4. The molecule has 0 saturated carbocycles. The minimum atomic E-state index is -0.470. The second kappa shape index (κ2) is 8.23. The van der Waals surface area contributed by atoms with Crippen molar-refractivity contribution in [3.8, 4) is 5.75 Å². The van der Waals surface area contributed by atoms with Crippen LogP contribution in [0.1, 0.15) is 18.1 Å². The van der Waals surface area contributed by atoms with Crippen molar-refractivity contribution in [3.63, 3.8) is 0 Å². The Bertz CT molecular complexity index is 779. The molecule has 0 aliphatic carbocycles. The number of ether oxygens (including phenoxy) is 1. The first kappa shape index (κ1) is 18.4. The molecular formula is C18H19FN2O4. The van der Waals surface area contributed by atoms with Gasteiger partial charge in [-0.2, -0.15) is 0 Å². The van der Waals surface area contributed by atoms with E-state index in [0.717, 1.165) is 0 Å². The zero-order valence-corrected chi connectivity index (χ0v) is 14.1. The van der Waals surface area contributed by atoms with E-state index in [1.165, 1.54) is 30.3 Å². The lowest BCUT2D eigenvalue weighted by Gasteiger charge is -2.21. The second-order valence-corrected chi connectivity index (χ2v) is 5.53. The lowest BCUT2D eigenvalue weighted by molar-refractivity contribution is -0.385. The normalized spacial score (nSPS) is 10.4. The van der Waals surface area contributed by atoms with Gasteiger partial charge in [-0.05, 0) is 43.7 Å². The van der Waals surface area contributed by atoms with Crippen LogP contribution >= 0.6 is 0 Å². The fourth-order valence-electron chi connectivity index (χ4n) is 2.39. The number of nitro groups is 1. The number of hydrogen-bond donors (Lipinski definition) is 0. The van der Waals surface area contributed by atoms with Gasteiger partial charge in [0.15, 0.2) is 6.61 Å². The molecule has 0 radical (unpaired) electrons. The molecule has 0 unspecified atom stereocenters. The Balaban J connectivity index is 1.98. The van der Waals surface area contributed by atoms with Crippen LogP contribution in [0.2, 0.25) is 0 Å². The lowest BCUT2D eigenvalue weighted by atomic mass is 10.2. The molecule has 0 spiro atoms. The zero-order chi connectivity index (χ0) is 18.4. The monoisotopic (exact) mass is 346 g/mol. The van der Waals surface area contributed by atoms with Crippen LogP contribution < -0.4 is 4.74 Å². The van der Waals surface area contributed by atoms with Gasteiger partial charge in [-0.15, -0.1) is 0 Å². The Morgan fingerprint density at radius 2 is 2.04 bits per heavy atom. The maximum Gasteiger partial charge on any atom is 0.272 e. The number of halogens is 1. The molecule has 0 aromatic heterocycles. The molecular weight excluding hydrogens is 327 g/mol. The van der Waals surface area contributed by atoms with Crippen LogP contribution in [0.25, 0.3) is 0 Å². The average Bonchev–Trinajstić information content (AvgIpc) is 2.57. The number of likely N-dealkylation sites (N-methyl/N-ethyl adjacent to an activating group) is 1. The van der Waals surface area contributed by atoms with E-state index >= 15 is 0 Å². The minimum absolute atomic E-state index is 0.0000320. The molecule has 0 aliphatic heterocycles. The van der Waals surface area contributed by atoms with E-state index in [9.17, 15) is 19.3 Å². The number of aryl methyl sites for hydroxylation is 1. The van der Waals surface area contributed by atoms with E-state index in [-0.39, 0.29) is 30.6 Å². The molecule has 2 aromatic rings. The van der Waals surface area contributed by atoms with Crippen LogP contribution in [0, 0.1) is 22.9 Å². The Kier molecular flexibility index (Phi) is 6.05. The van der Waals surface area contributed by atoms with Gasteiger partial charge < -0.3 is 9.64 Å². The Morgan fingerprint density at radius 1 is 1.28 bits per heavy atom. The quantitative estimate of drug-likeness (QED) is 0.568. The van der Waals surface area contributed by atoms with Crippen LogP contribution in [-0.4, -0.2) is 28.9 Å². The SMILES string of the molecule is CCN(Cc1cccc(F)c1)C(=O)COc1ccc([N+](=O)[O-])c(C)c1. The molecule has 2 aromatic carbocycles. The van der Waals surface area contributed by atoms with Crippen molar-refractivity contribution in [3.05, 3.63) is 69.5 Å². The third-order valence-electron chi connectivity index (χ3n) is 3.72. The van der Waals surface area contributed by atoms with Crippen molar-refractivity contribution >= 4 is 11.6 Å². The molecule has 25 heavy (non-hydrogen) atoms. The highest BCUT2D eigenvalue weighted by Gasteiger charge is 2.15. The van der Waals surface area contributed by atoms with Crippen molar-refractivity contribution in [1.29, 1.82) is 0 Å². The molecule has 0 atom stereocenters. The van der Waals surface area contributed by atoms with Gasteiger partial charge in [-0.1, -0.05) is 12.1 Å². The van der Waals surface area contributed by atoms with Gasteiger partial charge in [-0.3, -0.25) is 14.9 Å². The number of amides is 1. The zero-order valence-electron chi connectivity index (χ0n) is 14.1. The number of benzene rings is 2. The topological polar surface area (TPSA) is 72.7 Å². The fraction of sp³-hybridized carbons (Fsp3) is 0.278. The van der Waals surface area contributed by atoms with E-state index in [1.54, 1.807) is 24.0 Å². The summed E-state index contributed by atoms with van der Waals surface area (Å²) in [4.78, 5) is 24.2. The lowest BCUT2D eigenvalue weighted by Crippen LogP contribution is -2.34. The molecule has 7 heteroatoms. The number of nitro benzene ring substituents is 1. The maximum atomic E-state index is 13.2. The van der Waals surface area contributed by atoms with Crippen LogP contribution in [0.5, 0.6) is 5.75 Å². The summed E-state index contributed by atoms with van der Waals surface area (Å²) in [5, 5.41) is 10.8. The summed E-state index contributed by atoms with van der Waals surface area (Å²) in [5.41, 5.74) is 1.16. The smallest absolute Gasteiger partial charge is 0.272 e. The van der Waals surface area contributed by atoms with Crippen LogP contribution in [-0.2, 0) is 11.3 Å². The van der Waals surface area contributed by atoms with E-state index < -0.39 is 4.92 Å². The third kappa shape index (κ3) is 5.00. The first-order valence-electron chi connectivity index (χ1n) is 7.80. The molecule has 0 fully saturated rings. The molecule has 2 rings (SSSR count). The first-order chi connectivity index (χ1) is 11.9. The predicted octanol–water partition coefficient (Wildman–Crippen LogP) is 3.47. The first-order valence-corrected chi connectivity index (χ1v) is 7.80. The van der Waals surface area contributed by atoms with Crippen molar-refractivity contribution in [2.45, 2.75) is 20.4 Å². The molecule has 1 amide bonds. The van der Waals surface area contributed by atoms with Crippen molar-refractivity contribution < 1.29 is 18.8 Å². The molecule has 132 valence electrons. The van der Waals surface area contributed by atoms with Gasteiger partial charge in [0.25, 0.3) is 11.6 Å². The molecule has 0 heterocycles. The van der Waals surface area contributed by atoms with Gasteiger partial charge in [0.1, 0.15) is 11.6 Å². The summed E-state index contributed by atoms with van der Waals surface area (Å²) in [6.07, 6.45) is 0. The molecule has 0 aliphatic rings. The highest BCUT2D eigenvalue weighted by molar-refractivity contribution is 5.77. The van der Waals surface area contributed by atoms with E-state index in [1.807, 2.05) is 6.92 Å². The third-order valence-corrected chi connectivity index (χ3v) is 3.72. The van der Waals surface area contributed by atoms with Crippen LogP contribution in [0.3, 0.4) is 0 Å². The fourth-order valence-corrected chi connectivity index (χ4v) is 2.39. The van der Waals surface area contributed by atoms with Crippen molar-refractivity contribution in [2.75, 3.05) is 13.2 Å². The van der Waals surface area contributed by atoms with Crippen molar-refractivity contribution in [2.24, 2.45) is 0 Å². The Hall–Kier alpha value is -2.96. The van der Waals surface area contributed by atoms with E-state index in [2.05, 4.69) is 0 Å². The molecule has 0 bridgehead atoms. The number of nitrogens with zero attached hydrogens (tertiary/aromatic N) is 2. The summed E-state index contributed by atoms with van der Waals surface area (Å²) in [5.74, 6) is -0.209.